The Hall–Kier alpha value is -9.85. The number of rotatable bonds is 9. The fourth-order valence-corrected chi connectivity index (χ4v) is 18.7. The Balaban J connectivity index is 0.000000120. The number of hydrogen-bond donors (Lipinski definition) is 6. The molecule has 6 aliphatic heterocycles. The SMILES string of the molecule is COc1c2n(cc(C(=O)O)c1=O)CC1O[C@H]3CC[C@H](C3)N1C2=O.NC1(c2ccc(F)cc2F)CCCC1.O=C(NC1(c2ccc(F)cc2F)CCCC1)c1cn2c(c(O)c1=O)C(=O)N1C(C2)O[C@H]2CC[C@@H]1C2.O=C(NC1(c2ccc(F)cc2F)CCCC1)c1cn2c(c(O)c1=O)C(=O)N1C(C2)O[C@H]2CC[C@@H]1C2. The summed E-state index contributed by atoms with van der Waals surface area (Å²) in [7, 11) is 1.26. The van der Waals surface area contributed by atoms with Crippen molar-refractivity contribution in [1.29, 1.82) is 0 Å². The van der Waals surface area contributed by atoms with Crippen LogP contribution in [0, 0.1) is 34.9 Å². The summed E-state index contributed by atoms with van der Waals surface area (Å²) >= 11 is 0. The largest absolute Gasteiger partial charge is 0.503 e. The van der Waals surface area contributed by atoms with Crippen LogP contribution in [0.3, 0.4) is 0 Å². The van der Waals surface area contributed by atoms with Crippen molar-refractivity contribution in [3.8, 4) is 17.2 Å². The van der Waals surface area contributed by atoms with Crippen LogP contribution in [0.25, 0.3) is 0 Å². The normalized spacial score (nSPS) is 26.0. The first kappa shape index (κ1) is 72.7. The number of amides is 5. The van der Waals surface area contributed by atoms with E-state index in [9.17, 15) is 84.8 Å². The number of halogens is 6. The molecule has 9 atom stereocenters. The van der Waals surface area contributed by atoms with Gasteiger partial charge in [0, 0.05) is 77.1 Å². The highest BCUT2D eigenvalue weighted by atomic mass is 19.2. The highest BCUT2D eigenvalue weighted by Gasteiger charge is 2.52. The van der Waals surface area contributed by atoms with Gasteiger partial charge in [-0.1, -0.05) is 56.7 Å². The molecule has 9 heterocycles. The second-order valence-electron chi connectivity index (χ2n) is 30.1. The number of methoxy groups -OCH3 is 1. The van der Waals surface area contributed by atoms with E-state index in [1.54, 1.807) is 14.7 Å². The number of carbonyl (C=O) groups is 6. The Morgan fingerprint density at radius 3 is 1.17 bits per heavy atom. The molecule has 6 saturated carbocycles. The zero-order valence-electron chi connectivity index (χ0n) is 58.3. The fourth-order valence-electron chi connectivity index (χ4n) is 18.7. The van der Waals surface area contributed by atoms with Crippen LogP contribution in [0.5, 0.6) is 17.2 Å². The molecule has 3 saturated heterocycles. The number of carboxylic acid groups (broad SMARTS) is 1. The second kappa shape index (κ2) is 28.1. The van der Waals surface area contributed by atoms with Gasteiger partial charge in [0.05, 0.1) is 56.1 Å². The van der Waals surface area contributed by atoms with Crippen molar-refractivity contribution >= 4 is 35.5 Å². The molecule has 7 N–H and O–H groups in total. The zero-order valence-corrected chi connectivity index (χ0v) is 58.3. The number of pyridine rings is 3. The lowest BCUT2D eigenvalue weighted by molar-refractivity contribution is -0.132. The van der Waals surface area contributed by atoms with Gasteiger partial charge in [-0.2, -0.15) is 0 Å². The van der Waals surface area contributed by atoms with Crippen molar-refractivity contribution in [2.45, 2.75) is 226 Å². The van der Waals surface area contributed by atoms with E-state index in [-0.39, 0.29) is 101 Å². The van der Waals surface area contributed by atoms with E-state index in [0.717, 1.165) is 139 Å². The molecule has 9 fully saturated rings. The Kier molecular flexibility index (Phi) is 19.1. The van der Waals surface area contributed by atoms with Gasteiger partial charge < -0.3 is 79.0 Å². The smallest absolute Gasteiger partial charge is 0.341 e. The van der Waals surface area contributed by atoms with Crippen LogP contribution in [0.4, 0.5) is 26.3 Å². The van der Waals surface area contributed by atoms with Crippen LogP contribution in [0.15, 0.2) is 87.6 Å². The first-order valence-electron chi connectivity index (χ1n) is 36.4. The quantitative estimate of drug-likeness (QED) is 0.0739. The summed E-state index contributed by atoms with van der Waals surface area (Å²) in [5.41, 5.74) is 0.0470. The summed E-state index contributed by atoms with van der Waals surface area (Å²) in [5, 5.41) is 36.2. The highest BCUT2D eigenvalue weighted by molar-refractivity contribution is 6.01. The lowest BCUT2D eigenvalue weighted by Crippen LogP contribution is -2.57. The zero-order chi connectivity index (χ0) is 75.4. The molecule has 6 aliphatic carbocycles. The number of fused-ring (bicyclic) bond motifs is 15. The van der Waals surface area contributed by atoms with Crippen molar-refractivity contribution in [3.63, 3.8) is 0 Å². The predicted molar refractivity (Wildman–Crippen MR) is 365 cm³/mol. The molecule has 25 nitrogen and oxygen atoms in total. The van der Waals surface area contributed by atoms with Crippen molar-refractivity contribution in [2.75, 3.05) is 7.11 Å². The van der Waals surface area contributed by atoms with E-state index >= 15 is 0 Å². The van der Waals surface area contributed by atoms with Gasteiger partial charge in [-0.05, 0) is 115 Å². The minimum Gasteiger partial charge on any atom is -0.503 e. The van der Waals surface area contributed by atoms with E-state index in [1.807, 2.05) is 0 Å². The monoisotopic (exact) mass is 1490 g/mol. The van der Waals surface area contributed by atoms with Crippen LogP contribution >= 0.6 is 0 Å². The Labute approximate surface area is 607 Å². The number of aromatic nitrogens is 3. The van der Waals surface area contributed by atoms with Gasteiger partial charge in [0.25, 0.3) is 29.5 Å². The number of nitrogens with one attached hydrogen (secondary N) is 2. The highest BCUT2D eigenvalue weighted by Crippen LogP contribution is 2.46. The average molecular weight is 1490 g/mol. The minimum absolute atomic E-state index is 0.00491. The van der Waals surface area contributed by atoms with Gasteiger partial charge in [-0.3, -0.25) is 38.4 Å². The third kappa shape index (κ3) is 12.9. The van der Waals surface area contributed by atoms with Crippen molar-refractivity contribution < 1.29 is 89.4 Å². The maximum Gasteiger partial charge on any atom is 0.341 e. The van der Waals surface area contributed by atoms with Gasteiger partial charge in [0.1, 0.15) is 51.6 Å². The van der Waals surface area contributed by atoms with E-state index in [2.05, 4.69) is 10.6 Å². The number of carboxylic acids is 1. The third-order valence-corrected chi connectivity index (χ3v) is 23.8. The molecular formula is C76H79F6N9O16. The minimum atomic E-state index is -1.34. The molecular weight excluding hydrogens is 1410 g/mol. The molecule has 3 aromatic heterocycles. The van der Waals surface area contributed by atoms with Crippen LogP contribution in [0.2, 0.25) is 0 Å². The molecule has 3 unspecified atom stereocenters. The van der Waals surface area contributed by atoms with Gasteiger partial charge in [0.15, 0.2) is 53.0 Å². The lowest BCUT2D eigenvalue weighted by atomic mass is 9.87. The van der Waals surface area contributed by atoms with Crippen LogP contribution in [0.1, 0.15) is 214 Å². The maximum absolute atomic E-state index is 14.7. The number of aromatic carboxylic acids is 1. The molecule has 0 radical (unpaired) electrons. The number of hydrogen-bond acceptors (Lipinski definition) is 16. The summed E-state index contributed by atoms with van der Waals surface area (Å²) in [5.74, 6) is -10.1. The van der Waals surface area contributed by atoms with Gasteiger partial charge in [-0.15, -0.1) is 0 Å². The Morgan fingerprint density at radius 2 is 0.813 bits per heavy atom. The summed E-state index contributed by atoms with van der Waals surface area (Å²) in [6.45, 7) is 0.658. The van der Waals surface area contributed by atoms with E-state index in [1.165, 1.54) is 63.7 Å². The van der Waals surface area contributed by atoms with E-state index in [4.69, 9.17) is 24.7 Å². The molecule has 12 aliphatic rings. The molecule has 3 aromatic carbocycles. The summed E-state index contributed by atoms with van der Waals surface area (Å²) in [4.78, 5) is 120. The Morgan fingerprint density at radius 1 is 0.477 bits per heavy atom. The standard InChI is InChI=1S/2C25H25F2N3O5.C15H16N2O6.C11H13F2N/c2*26-13-3-6-17(18(27)9-13)25(7-1-2-8-25)28-23(33)16-11-29-12-19-30(14-4-5-15(10-14)35-19)24(34)20(29)22(32)21(16)31;1-22-13-11-14(19)17-7-2-3-8(4-7)23-10(17)6-16(11)5-9(12(13)18)15(20)21;12-8-3-4-9(10(13)7-8)11(14)5-1-2-6-11/h2*3,6,9,11,14-15,19,32H,1-2,4-5,7-8,10,12H2,(H,28,33);5,7-8,10H,2-4,6H2,1H3,(H,20,21);3-4,7H,1-2,5-6,14H2/t2*14-,15+,19?;7-,8+,10?;/m111./s1. The number of ether oxygens (including phenoxy) is 4. The number of nitrogens with zero attached hydrogens (tertiary/aromatic N) is 6. The average Bonchev–Trinajstić information content (AvgIpc) is 1.39. The summed E-state index contributed by atoms with van der Waals surface area (Å²) in [6.07, 6.45) is 18.1. The van der Waals surface area contributed by atoms with Crippen LogP contribution in [-0.2, 0) is 50.5 Å². The Bertz CT molecular complexity index is 4660. The summed E-state index contributed by atoms with van der Waals surface area (Å²) in [6, 6.07) is 10.2. The molecule has 6 bridgehead atoms. The molecule has 5 amide bonds. The predicted octanol–water partition coefficient (Wildman–Crippen LogP) is 8.51. The van der Waals surface area contributed by atoms with Crippen LogP contribution < -0.4 is 37.4 Å². The van der Waals surface area contributed by atoms with Crippen molar-refractivity contribution in [3.05, 3.63) is 189 Å². The number of nitrogens with two attached hydrogens (primary N) is 1. The van der Waals surface area contributed by atoms with Crippen molar-refractivity contribution in [2.24, 2.45) is 5.73 Å². The molecule has 18 rings (SSSR count). The first-order chi connectivity index (χ1) is 51.2. The van der Waals surface area contributed by atoms with Crippen LogP contribution in [-0.4, -0.2) is 141 Å². The third-order valence-electron chi connectivity index (χ3n) is 23.8. The van der Waals surface area contributed by atoms with Crippen molar-refractivity contribution in [1.82, 2.24) is 39.0 Å². The number of aromatic hydroxyl groups is 2. The molecule has 0 spiro atoms. The topological polar surface area (TPSA) is 326 Å². The molecule has 566 valence electrons. The number of carbonyl (C=O) groups excluding carboxylic acids is 5. The molecule has 107 heavy (non-hydrogen) atoms. The van der Waals surface area contributed by atoms with Gasteiger partial charge in [-0.25, -0.2) is 31.1 Å². The fraction of sp³-hybridized carbons (Fsp3) is 0.487. The molecule has 31 heteroatoms. The first-order valence-corrected chi connectivity index (χ1v) is 36.4. The molecule has 6 aromatic rings. The van der Waals surface area contributed by atoms with Gasteiger partial charge in [0.2, 0.25) is 16.3 Å². The van der Waals surface area contributed by atoms with E-state index in [0.29, 0.717) is 37.8 Å². The summed E-state index contributed by atoms with van der Waals surface area (Å²) < 4.78 is 110. The number of benzene rings is 3. The van der Waals surface area contributed by atoms with E-state index < -0.39 is 133 Å². The second-order valence-corrected chi connectivity index (χ2v) is 30.1. The maximum atomic E-state index is 14.7. The van der Waals surface area contributed by atoms with Gasteiger partial charge >= 0.3 is 5.97 Å². The lowest BCUT2D eigenvalue weighted by Gasteiger charge is -2.44.